The average molecular weight is 352 g/mol. The van der Waals surface area contributed by atoms with Crippen LogP contribution in [0, 0.1) is 5.41 Å². The zero-order valence-corrected chi connectivity index (χ0v) is 15.7. The molecule has 3 aliphatic rings. The van der Waals surface area contributed by atoms with Crippen LogP contribution in [0.1, 0.15) is 45.1 Å². The van der Waals surface area contributed by atoms with Crippen molar-refractivity contribution in [3.05, 3.63) is 54.1 Å². The molecule has 4 rings (SSSR count). The van der Waals surface area contributed by atoms with Crippen LogP contribution in [0.25, 0.3) is 0 Å². The molecule has 2 fully saturated rings. The Hall–Kier alpha value is -1.91. The maximum absolute atomic E-state index is 11.1. The van der Waals surface area contributed by atoms with Crippen molar-refractivity contribution in [1.29, 1.82) is 0 Å². The van der Waals surface area contributed by atoms with E-state index in [1.807, 2.05) is 12.2 Å². The Labute approximate surface area is 155 Å². The fourth-order valence-electron chi connectivity index (χ4n) is 4.66. The summed E-state index contributed by atoms with van der Waals surface area (Å²) in [7, 11) is 0. The molecular formula is C22H28N2O2. The van der Waals surface area contributed by atoms with Gasteiger partial charge in [0.05, 0.1) is 0 Å². The highest BCUT2D eigenvalue weighted by Gasteiger charge is 2.74. The summed E-state index contributed by atoms with van der Waals surface area (Å²) in [5.41, 5.74) is 2.20. The Morgan fingerprint density at radius 2 is 2.08 bits per heavy atom. The zero-order chi connectivity index (χ0) is 18.3. The van der Waals surface area contributed by atoms with Crippen molar-refractivity contribution in [3.63, 3.8) is 0 Å². The van der Waals surface area contributed by atoms with E-state index < -0.39 is 0 Å². The van der Waals surface area contributed by atoms with E-state index in [1.54, 1.807) is 13.0 Å². The number of allylic oxidation sites excluding steroid dienone is 3. The second-order valence-corrected chi connectivity index (χ2v) is 7.90. The van der Waals surface area contributed by atoms with Crippen LogP contribution in [-0.4, -0.2) is 24.6 Å². The molecule has 0 saturated carbocycles. The van der Waals surface area contributed by atoms with Crippen molar-refractivity contribution >= 4 is 11.5 Å². The molecule has 0 spiro atoms. The summed E-state index contributed by atoms with van der Waals surface area (Å²) in [6.45, 7) is 5.72. The lowest BCUT2D eigenvalue weighted by molar-refractivity contribution is -0.112. The molecule has 0 bridgehead atoms. The lowest BCUT2D eigenvalue weighted by Gasteiger charge is -2.31. The summed E-state index contributed by atoms with van der Waals surface area (Å²) in [6.07, 6.45) is 11.8. The molecule has 4 heteroatoms. The molecule has 0 radical (unpaired) electrons. The first-order valence-corrected chi connectivity index (χ1v) is 9.70. The molecule has 3 aliphatic heterocycles. The van der Waals surface area contributed by atoms with Gasteiger partial charge in [-0.15, -0.1) is 0 Å². The fraction of sp³-hybridized carbons (Fsp3) is 0.500. The van der Waals surface area contributed by atoms with Gasteiger partial charge < -0.3 is 15.4 Å². The predicted molar refractivity (Wildman–Crippen MR) is 104 cm³/mol. The minimum Gasteiger partial charge on any atom is -0.355 e. The van der Waals surface area contributed by atoms with Crippen molar-refractivity contribution < 1.29 is 9.53 Å². The number of carbonyl (C=O) groups excluding carboxylic acids is 1. The third-order valence-corrected chi connectivity index (χ3v) is 6.36. The van der Waals surface area contributed by atoms with Gasteiger partial charge in [0.15, 0.2) is 11.5 Å². The van der Waals surface area contributed by atoms with Gasteiger partial charge in [-0.1, -0.05) is 43.4 Å². The van der Waals surface area contributed by atoms with Crippen LogP contribution in [0.4, 0.5) is 5.69 Å². The molecule has 1 aromatic rings. The Bertz CT molecular complexity index is 771. The normalized spacial score (nSPS) is 35.8. The highest BCUT2D eigenvalue weighted by molar-refractivity contribution is 5.87. The molecule has 2 unspecified atom stereocenters. The van der Waals surface area contributed by atoms with Crippen LogP contribution in [-0.2, 0) is 15.1 Å². The number of carbonyl (C=O) groups is 1. The molecule has 0 aromatic heterocycles. The number of hydrogen-bond donors (Lipinski definition) is 2. The van der Waals surface area contributed by atoms with E-state index in [-0.39, 0.29) is 22.5 Å². The maximum atomic E-state index is 11.1. The van der Waals surface area contributed by atoms with Crippen LogP contribution in [0.3, 0.4) is 0 Å². The van der Waals surface area contributed by atoms with Gasteiger partial charge in [-0.3, -0.25) is 4.79 Å². The van der Waals surface area contributed by atoms with Gasteiger partial charge in [-0.05, 0) is 51.3 Å². The zero-order valence-electron chi connectivity index (χ0n) is 15.7. The Balaban J connectivity index is 1.57. The Kier molecular flexibility index (Phi) is 4.28. The van der Waals surface area contributed by atoms with E-state index in [4.69, 9.17) is 4.74 Å². The van der Waals surface area contributed by atoms with Gasteiger partial charge in [-0.2, -0.15) is 0 Å². The van der Waals surface area contributed by atoms with Gasteiger partial charge in [0, 0.05) is 23.2 Å². The van der Waals surface area contributed by atoms with Crippen LogP contribution in [0.5, 0.6) is 0 Å². The van der Waals surface area contributed by atoms with Gasteiger partial charge in [0.1, 0.15) is 5.60 Å². The molecule has 0 aliphatic carbocycles. The van der Waals surface area contributed by atoms with Gasteiger partial charge in [0.25, 0.3) is 0 Å². The minimum atomic E-state index is -0.244. The smallest absolute Gasteiger partial charge is 0.173 e. The van der Waals surface area contributed by atoms with E-state index in [2.05, 4.69) is 47.9 Å². The van der Waals surface area contributed by atoms with E-state index in [0.717, 1.165) is 38.8 Å². The summed E-state index contributed by atoms with van der Waals surface area (Å²) in [4.78, 5) is 11.1. The van der Waals surface area contributed by atoms with E-state index >= 15 is 0 Å². The summed E-state index contributed by atoms with van der Waals surface area (Å²) < 4.78 is 6.39. The minimum absolute atomic E-state index is 0.0777. The quantitative estimate of drug-likeness (QED) is 0.490. The molecular weight excluding hydrogens is 324 g/mol. The van der Waals surface area contributed by atoms with Crippen LogP contribution in [0.15, 0.2) is 48.6 Å². The number of rotatable bonds is 4. The number of para-hydroxylation sites is 1. The van der Waals surface area contributed by atoms with Crippen molar-refractivity contribution in [2.45, 2.75) is 50.9 Å². The van der Waals surface area contributed by atoms with Gasteiger partial charge in [0.2, 0.25) is 0 Å². The second kappa shape index (κ2) is 6.36. The first-order chi connectivity index (χ1) is 12.5. The number of fused-ring (bicyclic) bond motifs is 1. The number of benzene rings is 1. The molecule has 4 nitrogen and oxygen atoms in total. The van der Waals surface area contributed by atoms with Crippen molar-refractivity contribution in [2.24, 2.45) is 5.41 Å². The topological polar surface area (TPSA) is 53.7 Å². The molecule has 3 heterocycles. The van der Waals surface area contributed by atoms with E-state index in [9.17, 15) is 4.79 Å². The highest BCUT2D eigenvalue weighted by Crippen LogP contribution is 2.67. The number of nitrogens with one attached hydrogen (secondary N) is 2. The van der Waals surface area contributed by atoms with Crippen molar-refractivity contribution in [1.82, 2.24) is 5.32 Å². The number of hydrogen-bond acceptors (Lipinski definition) is 4. The monoisotopic (exact) mass is 352 g/mol. The standard InChI is InChI=1S/C22H28N2O2/c1-3-20(11-7-6-8-17(2)25)12-13-22-21(26-22,14-15-23-16-20)18-9-4-5-10-19(18)24-22/h4-11,23-24H,3,12-16H2,1-2H3/b8-6+,11-7-/t20-,21?,22?/m0/s1. The van der Waals surface area contributed by atoms with Crippen LogP contribution in [0.2, 0.25) is 0 Å². The lowest BCUT2D eigenvalue weighted by Crippen LogP contribution is -2.34. The molecule has 3 atom stereocenters. The summed E-state index contributed by atoms with van der Waals surface area (Å²) >= 11 is 0. The number of ketones is 1. The molecule has 138 valence electrons. The lowest BCUT2D eigenvalue weighted by atomic mass is 9.78. The van der Waals surface area contributed by atoms with E-state index in [1.165, 1.54) is 11.3 Å². The van der Waals surface area contributed by atoms with Crippen molar-refractivity contribution in [3.8, 4) is 0 Å². The van der Waals surface area contributed by atoms with Crippen LogP contribution < -0.4 is 10.6 Å². The maximum Gasteiger partial charge on any atom is 0.173 e. The second-order valence-electron chi connectivity index (χ2n) is 7.90. The first-order valence-electron chi connectivity index (χ1n) is 9.70. The molecule has 0 amide bonds. The molecule has 2 saturated heterocycles. The Morgan fingerprint density at radius 1 is 1.23 bits per heavy atom. The molecule has 1 aromatic carbocycles. The largest absolute Gasteiger partial charge is 0.355 e. The average Bonchev–Trinajstić information content (AvgIpc) is 3.18. The predicted octanol–water partition coefficient (Wildman–Crippen LogP) is 3.91. The number of anilines is 1. The summed E-state index contributed by atoms with van der Waals surface area (Å²) in [5, 5.41) is 7.35. The third-order valence-electron chi connectivity index (χ3n) is 6.36. The summed E-state index contributed by atoms with van der Waals surface area (Å²) in [5.74, 6) is 0.0794. The number of ether oxygens (including phenoxy) is 1. The summed E-state index contributed by atoms with van der Waals surface area (Å²) in [6, 6.07) is 8.55. The molecule has 2 N–H and O–H groups in total. The van der Waals surface area contributed by atoms with Crippen molar-refractivity contribution in [2.75, 3.05) is 18.4 Å². The van der Waals surface area contributed by atoms with Gasteiger partial charge in [-0.25, -0.2) is 0 Å². The highest BCUT2D eigenvalue weighted by atomic mass is 16.7. The molecule has 26 heavy (non-hydrogen) atoms. The van der Waals surface area contributed by atoms with Crippen LogP contribution >= 0.6 is 0 Å². The first kappa shape index (κ1) is 17.5. The third kappa shape index (κ3) is 2.72. The number of epoxide rings is 1. The fourth-order valence-corrected chi connectivity index (χ4v) is 4.66. The van der Waals surface area contributed by atoms with E-state index in [0.29, 0.717) is 0 Å². The Morgan fingerprint density at radius 3 is 2.88 bits per heavy atom. The SMILES string of the molecule is CC[C@]1(/C=C\C=C\C(C)=O)CCC23Nc4ccccc4C2(CCNC1)O3. The van der Waals surface area contributed by atoms with Gasteiger partial charge >= 0.3 is 0 Å².